The maximum Gasteiger partial charge on any atom is 0.229 e. The SMILES string of the molecule is COCCN1C(=O)CC[C@@H](C(=O)Nc2ccncc2)[C@@H]1c1ccc(F)cc1. The average molecular weight is 371 g/mol. The number of carbonyl (C=O) groups is 2. The molecule has 1 saturated heterocycles. The molecule has 27 heavy (non-hydrogen) atoms. The van der Waals surface area contributed by atoms with E-state index in [-0.39, 0.29) is 24.1 Å². The lowest BCUT2D eigenvalue weighted by Crippen LogP contribution is -2.47. The standard InChI is InChI=1S/C20H22FN3O3/c1-27-13-12-24-18(25)7-6-17(19(24)14-2-4-15(21)5-3-14)20(26)23-16-8-10-22-11-9-16/h2-5,8-11,17,19H,6-7,12-13H2,1H3,(H,22,23,26)/t17-,19+/m1/s1. The van der Waals surface area contributed by atoms with Gasteiger partial charge in [-0.1, -0.05) is 12.1 Å². The molecule has 0 radical (unpaired) electrons. The van der Waals surface area contributed by atoms with Crippen LogP contribution in [0.1, 0.15) is 24.4 Å². The zero-order valence-corrected chi connectivity index (χ0v) is 15.1. The number of ether oxygens (including phenoxy) is 1. The second-order valence-corrected chi connectivity index (χ2v) is 6.45. The monoisotopic (exact) mass is 371 g/mol. The molecule has 1 fully saturated rings. The fraction of sp³-hybridized carbons (Fsp3) is 0.350. The normalized spacial score (nSPS) is 19.8. The summed E-state index contributed by atoms with van der Waals surface area (Å²) in [5, 5.41) is 2.89. The molecule has 1 aliphatic heterocycles. The van der Waals surface area contributed by atoms with Crippen molar-refractivity contribution in [3.8, 4) is 0 Å². The number of hydrogen-bond acceptors (Lipinski definition) is 4. The number of benzene rings is 1. The minimum absolute atomic E-state index is 0.0330. The van der Waals surface area contributed by atoms with Crippen LogP contribution in [0.25, 0.3) is 0 Å². The molecule has 2 amide bonds. The Balaban J connectivity index is 1.90. The molecule has 0 spiro atoms. The highest BCUT2D eigenvalue weighted by Crippen LogP contribution is 2.37. The fourth-order valence-electron chi connectivity index (χ4n) is 3.42. The van der Waals surface area contributed by atoms with E-state index in [0.29, 0.717) is 25.3 Å². The molecule has 7 heteroatoms. The maximum absolute atomic E-state index is 13.4. The Morgan fingerprint density at radius 1 is 1.26 bits per heavy atom. The highest BCUT2D eigenvalue weighted by atomic mass is 19.1. The van der Waals surface area contributed by atoms with Gasteiger partial charge < -0.3 is 15.0 Å². The van der Waals surface area contributed by atoms with Crippen molar-refractivity contribution >= 4 is 17.5 Å². The number of aromatic nitrogens is 1. The molecular formula is C20H22FN3O3. The van der Waals surface area contributed by atoms with E-state index in [1.165, 1.54) is 12.1 Å². The number of nitrogens with one attached hydrogen (secondary N) is 1. The van der Waals surface area contributed by atoms with Crippen LogP contribution in [0, 0.1) is 11.7 Å². The first kappa shape index (κ1) is 19.0. The number of pyridine rings is 1. The van der Waals surface area contributed by atoms with Crippen LogP contribution in [-0.4, -0.2) is 42.0 Å². The number of piperidine rings is 1. The van der Waals surface area contributed by atoms with E-state index in [0.717, 1.165) is 5.56 Å². The summed E-state index contributed by atoms with van der Waals surface area (Å²) in [5.41, 5.74) is 1.38. The molecule has 0 unspecified atom stereocenters. The van der Waals surface area contributed by atoms with Gasteiger partial charge in [0.1, 0.15) is 5.82 Å². The van der Waals surface area contributed by atoms with E-state index in [9.17, 15) is 14.0 Å². The molecule has 3 rings (SSSR count). The van der Waals surface area contributed by atoms with Gasteiger partial charge in [0.15, 0.2) is 0 Å². The predicted octanol–water partition coefficient (Wildman–Crippen LogP) is 2.79. The van der Waals surface area contributed by atoms with Gasteiger partial charge in [-0.05, 0) is 36.2 Å². The van der Waals surface area contributed by atoms with Gasteiger partial charge in [0.25, 0.3) is 0 Å². The second-order valence-electron chi connectivity index (χ2n) is 6.45. The van der Waals surface area contributed by atoms with Crippen LogP contribution in [0.2, 0.25) is 0 Å². The van der Waals surface area contributed by atoms with Gasteiger partial charge in [0.2, 0.25) is 11.8 Å². The highest BCUT2D eigenvalue weighted by Gasteiger charge is 2.40. The zero-order valence-electron chi connectivity index (χ0n) is 15.1. The van der Waals surface area contributed by atoms with Crippen molar-refractivity contribution < 1.29 is 18.7 Å². The Bertz CT molecular complexity index is 783. The summed E-state index contributed by atoms with van der Waals surface area (Å²) in [6.45, 7) is 0.735. The number of methoxy groups -OCH3 is 1. The molecule has 2 atom stereocenters. The van der Waals surface area contributed by atoms with E-state index >= 15 is 0 Å². The van der Waals surface area contributed by atoms with Crippen molar-refractivity contribution in [3.63, 3.8) is 0 Å². The minimum atomic E-state index is -0.469. The molecule has 1 aromatic carbocycles. The summed E-state index contributed by atoms with van der Waals surface area (Å²) in [6.07, 6.45) is 3.92. The Morgan fingerprint density at radius 2 is 1.96 bits per heavy atom. The molecule has 142 valence electrons. The van der Waals surface area contributed by atoms with Gasteiger partial charge in [-0.3, -0.25) is 14.6 Å². The third kappa shape index (κ3) is 4.49. The van der Waals surface area contributed by atoms with Crippen molar-refractivity contribution in [3.05, 3.63) is 60.2 Å². The Labute approximate surface area is 157 Å². The lowest BCUT2D eigenvalue weighted by atomic mass is 9.83. The number of carbonyl (C=O) groups excluding carboxylic acids is 2. The van der Waals surface area contributed by atoms with Crippen molar-refractivity contribution in [2.45, 2.75) is 18.9 Å². The molecule has 0 saturated carbocycles. The molecular weight excluding hydrogens is 349 g/mol. The second kappa shape index (κ2) is 8.73. The van der Waals surface area contributed by atoms with Gasteiger partial charge in [-0.25, -0.2) is 4.39 Å². The maximum atomic E-state index is 13.4. The van der Waals surface area contributed by atoms with Crippen molar-refractivity contribution in [2.75, 3.05) is 25.6 Å². The van der Waals surface area contributed by atoms with Gasteiger partial charge in [-0.2, -0.15) is 0 Å². The molecule has 1 aliphatic rings. The van der Waals surface area contributed by atoms with E-state index < -0.39 is 12.0 Å². The summed E-state index contributed by atoms with van der Waals surface area (Å²) < 4.78 is 18.5. The van der Waals surface area contributed by atoms with Crippen LogP contribution >= 0.6 is 0 Å². The van der Waals surface area contributed by atoms with Gasteiger partial charge in [0, 0.05) is 38.2 Å². The number of likely N-dealkylation sites (tertiary alicyclic amines) is 1. The summed E-state index contributed by atoms with van der Waals surface area (Å²) in [7, 11) is 1.56. The Kier molecular flexibility index (Phi) is 6.13. The lowest BCUT2D eigenvalue weighted by molar-refractivity contribution is -0.142. The van der Waals surface area contributed by atoms with Crippen LogP contribution in [0.15, 0.2) is 48.8 Å². The highest BCUT2D eigenvalue weighted by molar-refractivity contribution is 5.94. The minimum Gasteiger partial charge on any atom is -0.383 e. The Hall–Kier alpha value is -2.80. The number of anilines is 1. The van der Waals surface area contributed by atoms with Gasteiger partial charge >= 0.3 is 0 Å². The molecule has 1 aromatic heterocycles. The first-order chi connectivity index (χ1) is 13.1. The number of nitrogens with zero attached hydrogens (tertiary/aromatic N) is 2. The third-order valence-electron chi connectivity index (χ3n) is 4.74. The van der Waals surface area contributed by atoms with E-state index in [2.05, 4.69) is 10.3 Å². The summed E-state index contributed by atoms with van der Waals surface area (Å²) in [6, 6.07) is 8.91. The molecule has 0 aliphatic carbocycles. The Morgan fingerprint density at radius 3 is 2.63 bits per heavy atom. The van der Waals surface area contributed by atoms with Crippen LogP contribution in [0.3, 0.4) is 0 Å². The third-order valence-corrected chi connectivity index (χ3v) is 4.74. The molecule has 0 bridgehead atoms. The molecule has 1 N–H and O–H groups in total. The first-order valence-electron chi connectivity index (χ1n) is 8.85. The van der Waals surface area contributed by atoms with E-state index in [4.69, 9.17) is 4.74 Å². The molecule has 2 heterocycles. The number of amides is 2. The van der Waals surface area contributed by atoms with E-state index in [1.54, 1.807) is 48.7 Å². The van der Waals surface area contributed by atoms with Gasteiger partial charge in [-0.15, -0.1) is 0 Å². The largest absolute Gasteiger partial charge is 0.383 e. The summed E-state index contributed by atoms with van der Waals surface area (Å²) in [5.74, 6) is -1.01. The molecule has 6 nitrogen and oxygen atoms in total. The van der Waals surface area contributed by atoms with Crippen molar-refractivity contribution in [2.24, 2.45) is 5.92 Å². The van der Waals surface area contributed by atoms with Crippen LogP contribution in [-0.2, 0) is 14.3 Å². The summed E-state index contributed by atoms with van der Waals surface area (Å²) in [4.78, 5) is 31.1. The number of halogens is 1. The van der Waals surface area contributed by atoms with Crippen LogP contribution in [0.5, 0.6) is 0 Å². The lowest BCUT2D eigenvalue weighted by Gasteiger charge is -2.40. The van der Waals surface area contributed by atoms with Crippen molar-refractivity contribution in [1.82, 2.24) is 9.88 Å². The van der Waals surface area contributed by atoms with Gasteiger partial charge in [0.05, 0.1) is 18.6 Å². The van der Waals surface area contributed by atoms with Crippen LogP contribution < -0.4 is 5.32 Å². The predicted molar refractivity (Wildman–Crippen MR) is 98.3 cm³/mol. The van der Waals surface area contributed by atoms with Crippen LogP contribution in [0.4, 0.5) is 10.1 Å². The average Bonchev–Trinajstić information content (AvgIpc) is 2.68. The first-order valence-corrected chi connectivity index (χ1v) is 8.85. The quantitative estimate of drug-likeness (QED) is 0.848. The number of rotatable bonds is 6. The van der Waals surface area contributed by atoms with E-state index in [1.807, 2.05) is 0 Å². The fourth-order valence-corrected chi connectivity index (χ4v) is 3.42. The topological polar surface area (TPSA) is 71.5 Å². The number of hydrogen-bond donors (Lipinski definition) is 1. The molecule has 2 aromatic rings. The smallest absolute Gasteiger partial charge is 0.229 e. The van der Waals surface area contributed by atoms with Crippen molar-refractivity contribution in [1.29, 1.82) is 0 Å². The zero-order chi connectivity index (χ0) is 19.2. The summed E-state index contributed by atoms with van der Waals surface area (Å²) >= 11 is 0.